The first kappa shape index (κ1) is 16.3. The van der Waals surface area contributed by atoms with Gasteiger partial charge in [0.15, 0.2) is 0 Å². The first-order valence-corrected chi connectivity index (χ1v) is 9.46. The van der Waals surface area contributed by atoms with E-state index in [0.29, 0.717) is 26.1 Å². The van der Waals surface area contributed by atoms with Gasteiger partial charge in [0.2, 0.25) is 5.91 Å². The summed E-state index contributed by atoms with van der Waals surface area (Å²) in [5, 5.41) is 12.2. The van der Waals surface area contributed by atoms with Crippen molar-refractivity contribution in [2.45, 2.75) is 19.3 Å². The quantitative estimate of drug-likeness (QED) is 0.899. The molecule has 2 atom stereocenters. The highest BCUT2D eigenvalue weighted by Gasteiger charge is 2.36. The van der Waals surface area contributed by atoms with Gasteiger partial charge in [-0.15, -0.1) is 11.3 Å². The molecule has 8 heteroatoms. The Morgan fingerprint density at radius 3 is 2.84 bits per heavy atom. The molecule has 0 spiro atoms. The van der Waals surface area contributed by atoms with E-state index in [0.717, 1.165) is 35.4 Å². The first-order chi connectivity index (χ1) is 12.1. The largest absolute Gasteiger partial charge is 0.481 e. The standard InChI is InChI=1S/C17H20N4O3S/c22-16(21-6-3-12(9-21)17(23)24)11-2-1-5-20(8-11)14-13-4-7-25-15(13)19-10-18-14/h4,7,10-12H,1-3,5-6,8-9H2,(H,23,24)/t11-,12+/m1/s1. The molecule has 1 amide bonds. The van der Waals surface area contributed by atoms with Crippen LogP contribution < -0.4 is 4.90 Å². The van der Waals surface area contributed by atoms with Gasteiger partial charge in [0.1, 0.15) is 17.0 Å². The van der Waals surface area contributed by atoms with E-state index in [1.165, 1.54) is 0 Å². The van der Waals surface area contributed by atoms with Crippen molar-refractivity contribution >= 4 is 39.2 Å². The Bertz CT molecular complexity index is 808. The van der Waals surface area contributed by atoms with Crippen LogP contribution in [0.3, 0.4) is 0 Å². The molecule has 0 bridgehead atoms. The molecule has 0 saturated carbocycles. The van der Waals surface area contributed by atoms with Gasteiger partial charge in [-0.1, -0.05) is 0 Å². The third kappa shape index (κ3) is 3.06. The van der Waals surface area contributed by atoms with Crippen molar-refractivity contribution in [2.24, 2.45) is 11.8 Å². The molecular weight excluding hydrogens is 340 g/mol. The number of carboxylic acids is 1. The molecule has 2 aliphatic rings. The Labute approximate surface area is 149 Å². The van der Waals surface area contributed by atoms with Crippen LogP contribution in [-0.4, -0.2) is 58.0 Å². The molecule has 4 rings (SSSR count). The molecule has 2 aliphatic heterocycles. The lowest BCUT2D eigenvalue weighted by Gasteiger charge is -2.34. The Balaban J connectivity index is 1.49. The molecule has 4 heterocycles. The lowest BCUT2D eigenvalue weighted by molar-refractivity contribution is -0.141. The summed E-state index contributed by atoms with van der Waals surface area (Å²) in [6.07, 6.45) is 3.92. The van der Waals surface area contributed by atoms with Crippen LogP contribution in [-0.2, 0) is 9.59 Å². The number of piperidine rings is 1. The molecule has 132 valence electrons. The van der Waals surface area contributed by atoms with Crippen molar-refractivity contribution in [3.63, 3.8) is 0 Å². The molecule has 2 saturated heterocycles. The fourth-order valence-corrected chi connectivity index (χ4v) is 4.55. The number of hydrogen-bond acceptors (Lipinski definition) is 6. The molecule has 0 aliphatic carbocycles. The summed E-state index contributed by atoms with van der Waals surface area (Å²) in [6, 6.07) is 2.03. The van der Waals surface area contributed by atoms with Crippen molar-refractivity contribution in [1.29, 1.82) is 0 Å². The second kappa shape index (κ2) is 6.59. The SMILES string of the molecule is O=C(O)[C@H]1CCN(C(=O)[C@@H]2CCCN(c3ncnc4sccc34)C2)C1. The van der Waals surface area contributed by atoms with Gasteiger partial charge in [0, 0.05) is 26.2 Å². The molecule has 2 aromatic heterocycles. The molecule has 25 heavy (non-hydrogen) atoms. The van der Waals surface area contributed by atoms with Crippen LogP contribution in [0.2, 0.25) is 0 Å². The lowest BCUT2D eigenvalue weighted by atomic mass is 9.96. The minimum atomic E-state index is -0.804. The van der Waals surface area contributed by atoms with Gasteiger partial charge in [-0.3, -0.25) is 9.59 Å². The highest BCUT2D eigenvalue weighted by Crippen LogP contribution is 2.31. The van der Waals surface area contributed by atoms with Crippen LogP contribution in [0.5, 0.6) is 0 Å². The first-order valence-electron chi connectivity index (χ1n) is 8.58. The van der Waals surface area contributed by atoms with Gasteiger partial charge in [0.25, 0.3) is 0 Å². The number of aliphatic carboxylic acids is 1. The molecule has 0 radical (unpaired) electrons. The number of nitrogens with zero attached hydrogens (tertiary/aromatic N) is 4. The summed E-state index contributed by atoms with van der Waals surface area (Å²) in [6.45, 7) is 2.40. The number of carboxylic acid groups (broad SMARTS) is 1. The van der Waals surface area contributed by atoms with Gasteiger partial charge in [0.05, 0.1) is 17.2 Å². The Hall–Kier alpha value is -2.22. The van der Waals surface area contributed by atoms with Crippen molar-refractivity contribution in [3.8, 4) is 0 Å². The third-order valence-corrected chi connectivity index (χ3v) is 5.98. The fourth-order valence-electron chi connectivity index (χ4n) is 3.82. The normalized spacial score (nSPS) is 24.0. The predicted molar refractivity (Wildman–Crippen MR) is 94.7 cm³/mol. The maximum Gasteiger partial charge on any atom is 0.308 e. The van der Waals surface area contributed by atoms with Gasteiger partial charge in [-0.05, 0) is 30.7 Å². The van der Waals surface area contributed by atoms with Gasteiger partial charge in [-0.25, -0.2) is 9.97 Å². The maximum absolute atomic E-state index is 12.8. The van der Waals surface area contributed by atoms with Crippen LogP contribution in [0.4, 0.5) is 5.82 Å². The van der Waals surface area contributed by atoms with Crippen molar-refractivity contribution in [1.82, 2.24) is 14.9 Å². The third-order valence-electron chi connectivity index (χ3n) is 5.16. The second-order valence-electron chi connectivity index (χ2n) is 6.73. The van der Waals surface area contributed by atoms with Crippen LogP contribution in [0.15, 0.2) is 17.8 Å². The Morgan fingerprint density at radius 1 is 1.16 bits per heavy atom. The smallest absolute Gasteiger partial charge is 0.308 e. The minimum absolute atomic E-state index is 0.0871. The Morgan fingerprint density at radius 2 is 2.04 bits per heavy atom. The number of hydrogen-bond donors (Lipinski definition) is 1. The predicted octanol–water partition coefficient (Wildman–Crippen LogP) is 1.84. The zero-order valence-corrected chi connectivity index (χ0v) is 14.6. The summed E-state index contributed by atoms with van der Waals surface area (Å²) < 4.78 is 0. The van der Waals surface area contributed by atoms with E-state index in [1.54, 1.807) is 22.6 Å². The topological polar surface area (TPSA) is 86.6 Å². The highest BCUT2D eigenvalue weighted by atomic mass is 32.1. The lowest BCUT2D eigenvalue weighted by Crippen LogP contribution is -2.44. The molecular formula is C17H20N4O3S. The number of amides is 1. The van der Waals surface area contributed by atoms with Gasteiger partial charge >= 0.3 is 5.97 Å². The van der Waals surface area contributed by atoms with E-state index in [4.69, 9.17) is 5.11 Å². The molecule has 2 aromatic rings. The van der Waals surface area contributed by atoms with Crippen LogP contribution >= 0.6 is 11.3 Å². The summed E-state index contributed by atoms with van der Waals surface area (Å²) in [4.78, 5) is 37.6. The number of carbonyl (C=O) groups is 2. The van der Waals surface area contributed by atoms with Crippen LogP contribution in [0.25, 0.3) is 10.2 Å². The van der Waals surface area contributed by atoms with Crippen molar-refractivity contribution in [2.75, 3.05) is 31.1 Å². The van der Waals surface area contributed by atoms with E-state index in [1.807, 2.05) is 11.4 Å². The highest BCUT2D eigenvalue weighted by molar-refractivity contribution is 7.16. The molecule has 0 aromatic carbocycles. The summed E-state index contributed by atoms with van der Waals surface area (Å²) >= 11 is 1.59. The second-order valence-corrected chi connectivity index (χ2v) is 7.62. The zero-order chi connectivity index (χ0) is 17.4. The number of fused-ring (bicyclic) bond motifs is 1. The minimum Gasteiger partial charge on any atom is -0.481 e. The average molecular weight is 360 g/mol. The van der Waals surface area contributed by atoms with E-state index >= 15 is 0 Å². The van der Waals surface area contributed by atoms with E-state index < -0.39 is 11.9 Å². The van der Waals surface area contributed by atoms with E-state index in [9.17, 15) is 9.59 Å². The van der Waals surface area contributed by atoms with Crippen molar-refractivity contribution in [3.05, 3.63) is 17.8 Å². The van der Waals surface area contributed by atoms with Crippen molar-refractivity contribution < 1.29 is 14.7 Å². The average Bonchev–Trinajstić information content (AvgIpc) is 3.30. The number of aromatic nitrogens is 2. The molecule has 0 unspecified atom stereocenters. The van der Waals surface area contributed by atoms with E-state index in [2.05, 4.69) is 14.9 Å². The van der Waals surface area contributed by atoms with Gasteiger partial charge < -0.3 is 14.9 Å². The number of anilines is 1. The monoisotopic (exact) mass is 360 g/mol. The fraction of sp³-hybridized carbons (Fsp3) is 0.529. The summed E-state index contributed by atoms with van der Waals surface area (Å²) in [7, 11) is 0. The Kier molecular flexibility index (Phi) is 4.29. The number of rotatable bonds is 3. The van der Waals surface area contributed by atoms with Crippen LogP contribution in [0.1, 0.15) is 19.3 Å². The van der Waals surface area contributed by atoms with Gasteiger partial charge in [-0.2, -0.15) is 0 Å². The molecule has 7 nitrogen and oxygen atoms in total. The van der Waals surface area contributed by atoms with Crippen LogP contribution in [0, 0.1) is 11.8 Å². The summed E-state index contributed by atoms with van der Waals surface area (Å²) in [5.74, 6) is -0.333. The maximum atomic E-state index is 12.8. The molecule has 2 fully saturated rings. The number of thiophene rings is 1. The molecule has 1 N–H and O–H groups in total. The number of carbonyl (C=O) groups excluding carboxylic acids is 1. The zero-order valence-electron chi connectivity index (χ0n) is 13.8. The number of likely N-dealkylation sites (tertiary alicyclic amines) is 1. The van der Waals surface area contributed by atoms with E-state index in [-0.39, 0.29) is 11.8 Å². The summed E-state index contributed by atoms with van der Waals surface area (Å²) in [5.41, 5.74) is 0.